The SMILES string of the molecule is CCCOC(=O)C1CCN(C(C)(C)C)CC1. The maximum atomic E-state index is 11.7. The Morgan fingerprint density at radius 3 is 2.31 bits per heavy atom. The van der Waals surface area contributed by atoms with Gasteiger partial charge in [0, 0.05) is 5.54 Å². The highest BCUT2D eigenvalue weighted by Gasteiger charge is 2.30. The second kappa shape index (κ2) is 5.67. The molecule has 0 saturated carbocycles. The molecule has 94 valence electrons. The van der Waals surface area contributed by atoms with Gasteiger partial charge in [0.2, 0.25) is 0 Å². The van der Waals surface area contributed by atoms with Crippen molar-refractivity contribution < 1.29 is 9.53 Å². The smallest absolute Gasteiger partial charge is 0.309 e. The van der Waals surface area contributed by atoms with E-state index in [4.69, 9.17) is 4.74 Å². The molecule has 1 fully saturated rings. The minimum Gasteiger partial charge on any atom is -0.465 e. The number of hydrogen-bond donors (Lipinski definition) is 0. The number of hydrogen-bond acceptors (Lipinski definition) is 3. The molecule has 1 aliphatic rings. The number of likely N-dealkylation sites (tertiary alicyclic amines) is 1. The first-order chi connectivity index (χ1) is 7.45. The summed E-state index contributed by atoms with van der Waals surface area (Å²) >= 11 is 0. The molecule has 0 amide bonds. The molecule has 0 spiro atoms. The van der Waals surface area contributed by atoms with Crippen LogP contribution in [0.2, 0.25) is 0 Å². The second-order valence-electron chi connectivity index (χ2n) is 5.60. The summed E-state index contributed by atoms with van der Waals surface area (Å²) in [5.74, 6) is 0.139. The Kier molecular flexibility index (Phi) is 4.78. The molecule has 0 unspecified atom stereocenters. The zero-order valence-electron chi connectivity index (χ0n) is 11.1. The van der Waals surface area contributed by atoms with E-state index in [2.05, 4.69) is 25.7 Å². The van der Waals surface area contributed by atoms with Gasteiger partial charge in [0.15, 0.2) is 0 Å². The van der Waals surface area contributed by atoms with Crippen molar-refractivity contribution in [1.29, 1.82) is 0 Å². The Hall–Kier alpha value is -0.570. The van der Waals surface area contributed by atoms with Gasteiger partial charge >= 0.3 is 5.97 Å². The van der Waals surface area contributed by atoms with Crippen LogP contribution in [0.25, 0.3) is 0 Å². The van der Waals surface area contributed by atoms with Crippen molar-refractivity contribution in [3.8, 4) is 0 Å². The molecular weight excluding hydrogens is 202 g/mol. The molecule has 0 radical (unpaired) electrons. The minimum atomic E-state index is 0.00964. The molecule has 0 aromatic rings. The van der Waals surface area contributed by atoms with Crippen molar-refractivity contribution in [2.45, 2.75) is 52.5 Å². The third-order valence-electron chi connectivity index (χ3n) is 3.23. The van der Waals surface area contributed by atoms with E-state index in [1.807, 2.05) is 6.92 Å². The number of rotatable bonds is 3. The molecule has 0 atom stereocenters. The zero-order valence-corrected chi connectivity index (χ0v) is 11.1. The van der Waals surface area contributed by atoms with Crippen LogP contribution in [0.3, 0.4) is 0 Å². The van der Waals surface area contributed by atoms with Crippen LogP contribution in [0.4, 0.5) is 0 Å². The summed E-state index contributed by atoms with van der Waals surface area (Å²) in [7, 11) is 0. The normalized spacial score (nSPS) is 19.8. The highest BCUT2D eigenvalue weighted by atomic mass is 16.5. The van der Waals surface area contributed by atoms with Crippen LogP contribution >= 0.6 is 0 Å². The van der Waals surface area contributed by atoms with Gasteiger partial charge in [0.25, 0.3) is 0 Å². The lowest BCUT2D eigenvalue weighted by Crippen LogP contribution is -2.47. The molecule has 16 heavy (non-hydrogen) atoms. The van der Waals surface area contributed by atoms with E-state index in [0.717, 1.165) is 32.4 Å². The van der Waals surface area contributed by atoms with Gasteiger partial charge < -0.3 is 4.74 Å². The quantitative estimate of drug-likeness (QED) is 0.694. The van der Waals surface area contributed by atoms with Crippen molar-refractivity contribution in [3.05, 3.63) is 0 Å². The van der Waals surface area contributed by atoms with E-state index in [-0.39, 0.29) is 17.4 Å². The maximum absolute atomic E-state index is 11.7. The molecule has 1 saturated heterocycles. The monoisotopic (exact) mass is 227 g/mol. The van der Waals surface area contributed by atoms with Gasteiger partial charge in [-0.1, -0.05) is 6.92 Å². The van der Waals surface area contributed by atoms with E-state index in [1.54, 1.807) is 0 Å². The van der Waals surface area contributed by atoms with Crippen LogP contribution in [0.15, 0.2) is 0 Å². The average molecular weight is 227 g/mol. The highest BCUT2D eigenvalue weighted by Crippen LogP contribution is 2.24. The Labute approximate surface area is 99.1 Å². The fourth-order valence-electron chi connectivity index (χ4n) is 2.11. The molecule has 0 bridgehead atoms. The molecule has 1 aliphatic heterocycles. The largest absolute Gasteiger partial charge is 0.465 e. The van der Waals surface area contributed by atoms with Crippen LogP contribution in [0.5, 0.6) is 0 Å². The third-order valence-corrected chi connectivity index (χ3v) is 3.23. The van der Waals surface area contributed by atoms with Gasteiger partial charge in [-0.25, -0.2) is 0 Å². The molecular formula is C13H25NO2. The van der Waals surface area contributed by atoms with Gasteiger partial charge in [-0.05, 0) is 53.1 Å². The second-order valence-corrected chi connectivity index (χ2v) is 5.60. The van der Waals surface area contributed by atoms with Gasteiger partial charge in [-0.2, -0.15) is 0 Å². The fourth-order valence-corrected chi connectivity index (χ4v) is 2.11. The molecule has 3 nitrogen and oxygen atoms in total. The number of carbonyl (C=O) groups is 1. The van der Waals surface area contributed by atoms with Crippen LogP contribution in [0, 0.1) is 5.92 Å². The predicted molar refractivity (Wildman–Crippen MR) is 65.3 cm³/mol. The first kappa shape index (κ1) is 13.5. The van der Waals surface area contributed by atoms with Crippen molar-refractivity contribution in [1.82, 2.24) is 4.90 Å². The molecule has 1 heterocycles. The summed E-state index contributed by atoms with van der Waals surface area (Å²) in [4.78, 5) is 14.1. The summed E-state index contributed by atoms with van der Waals surface area (Å²) in [6.45, 7) is 11.3. The Morgan fingerprint density at radius 2 is 1.88 bits per heavy atom. The average Bonchev–Trinajstić information content (AvgIpc) is 2.25. The van der Waals surface area contributed by atoms with Crippen molar-refractivity contribution in [2.24, 2.45) is 5.92 Å². The van der Waals surface area contributed by atoms with Crippen LogP contribution in [-0.2, 0) is 9.53 Å². The lowest BCUT2D eigenvalue weighted by molar-refractivity contribution is -0.150. The molecule has 0 aromatic carbocycles. The lowest BCUT2D eigenvalue weighted by Gasteiger charge is -2.40. The van der Waals surface area contributed by atoms with Gasteiger partial charge in [-0.15, -0.1) is 0 Å². The standard InChI is InChI=1S/C13H25NO2/c1-5-10-16-12(15)11-6-8-14(9-7-11)13(2,3)4/h11H,5-10H2,1-4H3. The fraction of sp³-hybridized carbons (Fsp3) is 0.923. The Balaban J connectivity index is 2.34. The summed E-state index contributed by atoms with van der Waals surface area (Å²) in [5.41, 5.74) is 0.221. The van der Waals surface area contributed by atoms with Gasteiger partial charge in [-0.3, -0.25) is 9.69 Å². The van der Waals surface area contributed by atoms with Crippen molar-refractivity contribution in [3.63, 3.8) is 0 Å². The Morgan fingerprint density at radius 1 is 1.31 bits per heavy atom. The summed E-state index contributed by atoms with van der Waals surface area (Å²) < 4.78 is 5.19. The number of carbonyl (C=O) groups excluding carboxylic acids is 1. The molecule has 0 aliphatic carbocycles. The van der Waals surface area contributed by atoms with Crippen molar-refractivity contribution in [2.75, 3.05) is 19.7 Å². The predicted octanol–water partition coefficient (Wildman–Crippen LogP) is 2.45. The Bertz CT molecular complexity index is 225. The van der Waals surface area contributed by atoms with E-state index in [0.29, 0.717) is 6.61 Å². The molecule has 1 rings (SSSR count). The minimum absolute atomic E-state index is 0.00964. The van der Waals surface area contributed by atoms with Crippen LogP contribution in [-0.4, -0.2) is 36.1 Å². The molecule has 0 aromatic heterocycles. The van der Waals surface area contributed by atoms with E-state index in [1.165, 1.54) is 0 Å². The van der Waals surface area contributed by atoms with Crippen LogP contribution in [0.1, 0.15) is 47.0 Å². The number of nitrogens with zero attached hydrogens (tertiary/aromatic N) is 1. The van der Waals surface area contributed by atoms with E-state index >= 15 is 0 Å². The third kappa shape index (κ3) is 3.78. The number of piperidine rings is 1. The van der Waals surface area contributed by atoms with Crippen LogP contribution < -0.4 is 0 Å². The van der Waals surface area contributed by atoms with Crippen molar-refractivity contribution >= 4 is 5.97 Å². The first-order valence-electron chi connectivity index (χ1n) is 6.37. The maximum Gasteiger partial charge on any atom is 0.309 e. The van der Waals surface area contributed by atoms with Gasteiger partial charge in [0.05, 0.1) is 12.5 Å². The van der Waals surface area contributed by atoms with E-state index in [9.17, 15) is 4.79 Å². The zero-order chi connectivity index (χ0) is 12.2. The summed E-state index contributed by atoms with van der Waals surface area (Å²) in [6, 6.07) is 0. The van der Waals surface area contributed by atoms with E-state index < -0.39 is 0 Å². The molecule has 3 heteroatoms. The highest BCUT2D eigenvalue weighted by molar-refractivity contribution is 5.72. The number of ether oxygens (including phenoxy) is 1. The lowest BCUT2D eigenvalue weighted by atomic mass is 9.93. The first-order valence-corrected chi connectivity index (χ1v) is 6.37. The topological polar surface area (TPSA) is 29.5 Å². The number of esters is 1. The van der Waals surface area contributed by atoms with Gasteiger partial charge in [0.1, 0.15) is 0 Å². The molecule has 0 N–H and O–H groups in total. The summed E-state index contributed by atoms with van der Waals surface area (Å²) in [5, 5.41) is 0. The summed E-state index contributed by atoms with van der Waals surface area (Å²) in [6.07, 6.45) is 2.80.